The van der Waals surface area contributed by atoms with Crippen molar-refractivity contribution in [2.75, 3.05) is 15.5 Å². The molecule has 0 spiro atoms. The van der Waals surface area contributed by atoms with Gasteiger partial charge in [0.2, 0.25) is 0 Å². The van der Waals surface area contributed by atoms with E-state index in [1.807, 2.05) is 36.4 Å². The fraction of sp³-hybridized carbons (Fsp3) is 0.0435. The number of rotatable bonds is 4. The molecule has 0 aromatic heterocycles. The van der Waals surface area contributed by atoms with Crippen molar-refractivity contribution in [3.63, 3.8) is 0 Å². The van der Waals surface area contributed by atoms with Crippen LogP contribution in [-0.2, 0) is 11.3 Å². The standard InChI is InChI=1S/C23H17ClN4O3S/c24-18-9-5-4-6-14(18)13-28-19-11-10-16(12-17(19)20(29)21(28)30)25-22(31)27-23(32)26-15-7-2-1-3-8-15/h1-12H,13H2,(H3,25,26,27,31,32). The van der Waals surface area contributed by atoms with Crippen molar-refractivity contribution in [3.8, 4) is 0 Å². The average molecular weight is 465 g/mol. The highest BCUT2D eigenvalue weighted by Crippen LogP contribution is 2.33. The molecule has 3 aromatic rings. The van der Waals surface area contributed by atoms with Gasteiger partial charge in [0.1, 0.15) is 0 Å². The molecule has 0 saturated heterocycles. The summed E-state index contributed by atoms with van der Waals surface area (Å²) in [6.45, 7) is 0.171. The van der Waals surface area contributed by atoms with E-state index in [9.17, 15) is 14.4 Å². The predicted octanol–water partition coefficient (Wildman–Crippen LogP) is 4.59. The second kappa shape index (κ2) is 9.17. The molecule has 32 heavy (non-hydrogen) atoms. The molecule has 0 unspecified atom stereocenters. The highest BCUT2D eigenvalue weighted by atomic mass is 35.5. The highest BCUT2D eigenvalue weighted by Gasteiger charge is 2.36. The van der Waals surface area contributed by atoms with Crippen LogP contribution in [0.5, 0.6) is 0 Å². The number of carbonyl (C=O) groups excluding carboxylic acids is 3. The normalized spacial score (nSPS) is 12.3. The van der Waals surface area contributed by atoms with Gasteiger partial charge in [0.25, 0.3) is 11.7 Å². The largest absolute Gasteiger partial charge is 0.332 e. The summed E-state index contributed by atoms with van der Waals surface area (Å²) in [5.41, 5.74) is 2.49. The zero-order valence-corrected chi connectivity index (χ0v) is 18.2. The Labute approximate surface area is 194 Å². The number of urea groups is 1. The predicted molar refractivity (Wildman–Crippen MR) is 128 cm³/mol. The maximum atomic E-state index is 12.5. The zero-order chi connectivity index (χ0) is 22.7. The molecule has 4 rings (SSSR count). The second-order valence-corrected chi connectivity index (χ2v) is 7.76. The number of amides is 3. The Kier molecular flexibility index (Phi) is 6.16. The lowest BCUT2D eigenvalue weighted by Gasteiger charge is -2.17. The van der Waals surface area contributed by atoms with Gasteiger partial charge in [0.05, 0.1) is 17.8 Å². The zero-order valence-electron chi connectivity index (χ0n) is 16.6. The molecule has 0 atom stereocenters. The van der Waals surface area contributed by atoms with E-state index in [0.29, 0.717) is 16.4 Å². The van der Waals surface area contributed by atoms with E-state index in [0.717, 1.165) is 11.3 Å². The van der Waals surface area contributed by atoms with Crippen molar-refractivity contribution < 1.29 is 14.4 Å². The fourth-order valence-corrected chi connectivity index (χ4v) is 3.69. The molecule has 7 nitrogen and oxygen atoms in total. The second-order valence-electron chi connectivity index (χ2n) is 6.94. The third kappa shape index (κ3) is 4.61. The average Bonchev–Trinajstić information content (AvgIpc) is 3.00. The minimum Gasteiger partial charge on any atom is -0.332 e. The molecule has 0 aliphatic carbocycles. The third-order valence-electron chi connectivity index (χ3n) is 4.77. The number of nitrogens with one attached hydrogen (secondary N) is 3. The number of thiocarbonyl (C=S) groups is 1. The van der Waals surface area contributed by atoms with Gasteiger partial charge in [-0.25, -0.2) is 4.79 Å². The van der Waals surface area contributed by atoms with Crippen molar-refractivity contribution >= 4 is 63.7 Å². The van der Waals surface area contributed by atoms with E-state index in [1.165, 1.54) is 11.0 Å². The molecule has 0 fully saturated rings. The lowest BCUT2D eigenvalue weighted by atomic mass is 10.1. The van der Waals surface area contributed by atoms with Crippen LogP contribution in [-0.4, -0.2) is 22.8 Å². The number of anilines is 3. The maximum Gasteiger partial charge on any atom is 0.325 e. The van der Waals surface area contributed by atoms with Crippen LogP contribution in [0.2, 0.25) is 5.02 Å². The minimum atomic E-state index is -0.644. The van der Waals surface area contributed by atoms with Gasteiger partial charge in [-0.1, -0.05) is 48.0 Å². The van der Waals surface area contributed by atoms with Crippen molar-refractivity contribution in [2.45, 2.75) is 6.54 Å². The molecule has 0 saturated carbocycles. The molecule has 1 aliphatic heterocycles. The van der Waals surface area contributed by atoms with E-state index >= 15 is 0 Å². The molecule has 3 N–H and O–H groups in total. The maximum absolute atomic E-state index is 12.5. The molecule has 3 amide bonds. The Bertz CT molecular complexity index is 1230. The van der Waals surface area contributed by atoms with Gasteiger partial charge < -0.3 is 15.5 Å². The number of hydrogen-bond acceptors (Lipinski definition) is 4. The highest BCUT2D eigenvalue weighted by molar-refractivity contribution is 7.80. The Morgan fingerprint density at radius 3 is 2.38 bits per heavy atom. The van der Waals surface area contributed by atoms with Gasteiger partial charge in [0, 0.05) is 16.4 Å². The van der Waals surface area contributed by atoms with Gasteiger partial charge in [-0.3, -0.25) is 14.9 Å². The van der Waals surface area contributed by atoms with Crippen LogP contribution in [0.3, 0.4) is 0 Å². The first kappa shape index (κ1) is 21.5. The van der Waals surface area contributed by atoms with Crippen LogP contribution in [0.15, 0.2) is 72.8 Å². The first-order valence-corrected chi connectivity index (χ1v) is 10.4. The van der Waals surface area contributed by atoms with Crippen LogP contribution in [0, 0.1) is 0 Å². The SMILES string of the molecule is O=C(NC(=S)Nc1ccccc1)Nc1ccc2c(c1)C(=O)C(=O)N2Cc1ccccc1Cl. The van der Waals surface area contributed by atoms with Crippen LogP contribution in [0.4, 0.5) is 21.9 Å². The monoisotopic (exact) mass is 464 g/mol. The molecular formula is C23H17ClN4O3S. The summed E-state index contributed by atoms with van der Waals surface area (Å²) in [5.74, 6) is -1.29. The van der Waals surface area contributed by atoms with Crippen molar-refractivity contribution in [1.29, 1.82) is 0 Å². The number of ketones is 1. The summed E-state index contributed by atoms with van der Waals surface area (Å²) >= 11 is 11.3. The van der Waals surface area contributed by atoms with Crippen LogP contribution in [0.25, 0.3) is 0 Å². The smallest absolute Gasteiger partial charge is 0.325 e. The van der Waals surface area contributed by atoms with E-state index in [2.05, 4.69) is 16.0 Å². The first-order chi connectivity index (χ1) is 15.4. The van der Waals surface area contributed by atoms with Gasteiger partial charge >= 0.3 is 6.03 Å². The molecule has 9 heteroatoms. The Hall–Kier alpha value is -3.75. The molecule has 3 aromatic carbocycles. The molecule has 0 bridgehead atoms. The number of benzene rings is 3. The molecule has 0 radical (unpaired) electrons. The number of carbonyl (C=O) groups is 3. The summed E-state index contributed by atoms with van der Waals surface area (Å²) in [6.07, 6.45) is 0. The Balaban J connectivity index is 1.45. The topological polar surface area (TPSA) is 90.5 Å². The van der Waals surface area contributed by atoms with Gasteiger partial charge in [0.15, 0.2) is 5.11 Å². The van der Waals surface area contributed by atoms with E-state index in [4.69, 9.17) is 23.8 Å². The van der Waals surface area contributed by atoms with Crippen LogP contribution < -0.4 is 20.9 Å². The van der Waals surface area contributed by atoms with E-state index in [1.54, 1.807) is 30.3 Å². The van der Waals surface area contributed by atoms with E-state index in [-0.39, 0.29) is 17.2 Å². The van der Waals surface area contributed by atoms with Crippen molar-refractivity contribution in [1.82, 2.24) is 5.32 Å². The Morgan fingerprint density at radius 2 is 1.62 bits per heavy atom. The molecule has 1 aliphatic rings. The number of para-hydroxylation sites is 1. The molecule has 160 valence electrons. The van der Waals surface area contributed by atoms with Gasteiger partial charge in [-0.15, -0.1) is 0 Å². The van der Waals surface area contributed by atoms with Crippen LogP contribution in [0.1, 0.15) is 15.9 Å². The van der Waals surface area contributed by atoms with Crippen LogP contribution >= 0.6 is 23.8 Å². The van der Waals surface area contributed by atoms with Gasteiger partial charge in [-0.2, -0.15) is 0 Å². The number of fused-ring (bicyclic) bond motifs is 1. The first-order valence-electron chi connectivity index (χ1n) is 9.60. The summed E-state index contributed by atoms with van der Waals surface area (Å²) in [7, 11) is 0. The van der Waals surface area contributed by atoms with E-state index < -0.39 is 17.7 Å². The molecular weight excluding hydrogens is 448 g/mol. The fourth-order valence-electron chi connectivity index (χ4n) is 3.28. The quantitative estimate of drug-likeness (QED) is 0.388. The summed E-state index contributed by atoms with van der Waals surface area (Å²) in [5, 5.41) is 8.64. The third-order valence-corrected chi connectivity index (χ3v) is 5.35. The number of halogens is 1. The summed E-state index contributed by atoms with van der Waals surface area (Å²) in [4.78, 5) is 38.7. The van der Waals surface area contributed by atoms with Gasteiger partial charge in [-0.05, 0) is 54.2 Å². The van der Waals surface area contributed by atoms with Crippen molar-refractivity contribution in [3.05, 3.63) is 88.9 Å². The number of Topliss-reactive ketones (excluding diaryl/α,β-unsaturated/α-hetero) is 1. The number of nitrogens with zero attached hydrogens (tertiary/aromatic N) is 1. The lowest BCUT2D eigenvalue weighted by molar-refractivity contribution is -0.114. The number of hydrogen-bond donors (Lipinski definition) is 3. The minimum absolute atomic E-state index is 0.118. The summed E-state index contributed by atoms with van der Waals surface area (Å²) < 4.78 is 0. The lowest BCUT2D eigenvalue weighted by Crippen LogP contribution is -2.37. The molecule has 1 heterocycles. The Morgan fingerprint density at radius 1 is 0.906 bits per heavy atom. The van der Waals surface area contributed by atoms with Crippen molar-refractivity contribution in [2.24, 2.45) is 0 Å². The summed E-state index contributed by atoms with van der Waals surface area (Å²) in [6, 6.07) is 20.4.